The summed E-state index contributed by atoms with van der Waals surface area (Å²) in [5.41, 5.74) is 0.285. The van der Waals surface area contributed by atoms with Gasteiger partial charge < -0.3 is 29.6 Å². The summed E-state index contributed by atoms with van der Waals surface area (Å²) in [4.78, 5) is 28.3. The average molecular weight is 642 g/mol. The van der Waals surface area contributed by atoms with E-state index in [2.05, 4.69) is 4.90 Å². The first kappa shape index (κ1) is 33.3. The molecule has 0 amide bonds. The third-order valence-corrected chi connectivity index (χ3v) is 9.55. The molecule has 3 aromatic rings. The Labute approximate surface area is 268 Å². The molecule has 44 heavy (non-hydrogen) atoms. The molecule has 0 spiro atoms. The number of carbonyl (C=O) groups excluding carboxylic acids is 1. The van der Waals surface area contributed by atoms with Gasteiger partial charge in [-0.25, -0.2) is 0 Å². The molecule has 1 fully saturated rings. The third kappa shape index (κ3) is 6.88. The summed E-state index contributed by atoms with van der Waals surface area (Å²) in [6, 6.07) is 17.9. The van der Waals surface area contributed by atoms with Crippen LogP contribution >= 0.6 is 23.2 Å². The first-order valence-corrected chi connectivity index (χ1v) is 15.1. The van der Waals surface area contributed by atoms with Gasteiger partial charge in [0, 0.05) is 12.0 Å². The van der Waals surface area contributed by atoms with Crippen LogP contribution in [0.5, 0.6) is 17.2 Å². The van der Waals surface area contributed by atoms with E-state index < -0.39 is 22.6 Å². The number of aliphatic carboxylic acids is 1. The molecule has 1 heterocycles. The van der Waals surface area contributed by atoms with Crippen molar-refractivity contribution in [2.75, 3.05) is 41.0 Å². The van der Waals surface area contributed by atoms with Crippen LogP contribution in [-0.4, -0.2) is 68.4 Å². The highest BCUT2D eigenvalue weighted by atomic mass is 35.5. The van der Waals surface area contributed by atoms with Crippen molar-refractivity contribution in [2.45, 2.75) is 43.4 Å². The Bertz CT molecular complexity index is 1500. The van der Waals surface area contributed by atoms with Crippen LogP contribution in [0.1, 0.15) is 54.1 Å². The number of rotatable bonds is 13. The van der Waals surface area contributed by atoms with E-state index >= 15 is 0 Å². The lowest BCUT2D eigenvalue weighted by Gasteiger charge is -2.41. The summed E-state index contributed by atoms with van der Waals surface area (Å²) in [7, 11) is 4.43. The Balaban J connectivity index is 1.56. The second-order valence-electron chi connectivity index (χ2n) is 11.4. The van der Waals surface area contributed by atoms with Gasteiger partial charge in [0.2, 0.25) is 11.5 Å². The van der Waals surface area contributed by atoms with Gasteiger partial charge in [-0.1, -0.05) is 66.5 Å². The van der Waals surface area contributed by atoms with E-state index in [4.69, 9.17) is 42.8 Å². The molecule has 4 rings (SSSR count). The molecule has 1 saturated heterocycles. The average Bonchev–Trinajstić information content (AvgIpc) is 3.04. The van der Waals surface area contributed by atoms with Crippen LogP contribution in [0, 0.1) is 5.41 Å². The van der Waals surface area contributed by atoms with Crippen LogP contribution in [-0.2, 0) is 15.6 Å². The highest BCUT2D eigenvalue weighted by Gasteiger charge is 2.43. The quantitative estimate of drug-likeness (QED) is 0.152. The number of Topliss-reactive ketones (excluding diaryl/α,β-unsaturated/α-hetero) is 1. The molecule has 0 aromatic heterocycles. The number of nitrogens with one attached hydrogen (secondary N) is 1. The minimum absolute atomic E-state index is 0.0829. The summed E-state index contributed by atoms with van der Waals surface area (Å²) in [5.74, 6) is -0.244. The maximum atomic E-state index is 13.6. The van der Waals surface area contributed by atoms with E-state index in [1.807, 2.05) is 43.3 Å². The minimum atomic E-state index is -0.917. The van der Waals surface area contributed by atoms with E-state index in [1.165, 1.54) is 21.3 Å². The zero-order valence-electron chi connectivity index (χ0n) is 25.4. The van der Waals surface area contributed by atoms with Crippen LogP contribution in [0.4, 0.5) is 0 Å². The summed E-state index contributed by atoms with van der Waals surface area (Å²) in [5, 5.41) is 19.9. The Morgan fingerprint density at radius 1 is 0.932 bits per heavy atom. The first-order valence-electron chi connectivity index (χ1n) is 14.4. The van der Waals surface area contributed by atoms with Crippen molar-refractivity contribution < 1.29 is 28.9 Å². The van der Waals surface area contributed by atoms with Crippen LogP contribution in [0.3, 0.4) is 0 Å². The highest BCUT2D eigenvalue weighted by molar-refractivity contribution is 6.45. The smallest absolute Gasteiger partial charge is 0.314 e. The van der Waals surface area contributed by atoms with Gasteiger partial charge in [0.1, 0.15) is 0 Å². The molecule has 10 heteroatoms. The molecule has 0 radical (unpaired) electrons. The number of likely N-dealkylation sites (tertiary alicyclic amines) is 1. The van der Waals surface area contributed by atoms with Crippen molar-refractivity contribution in [1.29, 1.82) is 5.41 Å². The van der Waals surface area contributed by atoms with Crippen molar-refractivity contribution in [3.05, 3.63) is 87.4 Å². The number of carbonyl (C=O) groups is 2. The molecule has 3 aromatic carbocycles. The fraction of sp³-hybridized carbons (Fsp3) is 0.382. The number of ketones is 1. The second-order valence-corrected chi connectivity index (χ2v) is 12.2. The Morgan fingerprint density at radius 3 is 2.07 bits per heavy atom. The fourth-order valence-corrected chi connectivity index (χ4v) is 6.31. The predicted molar refractivity (Wildman–Crippen MR) is 173 cm³/mol. The topological polar surface area (TPSA) is 109 Å². The van der Waals surface area contributed by atoms with Crippen LogP contribution in [0.15, 0.2) is 60.7 Å². The highest BCUT2D eigenvalue weighted by Crippen LogP contribution is 2.41. The van der Waals surface area contributed by atoms with E-state index in [0.29, 0.717) is 66.2 Å². The molecule has 0 aliphatic carbocycles. The largest absolute Gasteiger partial charge is 0.493 e. The Morgan fingerprint density at radius 2 is 1.55 bits per heavy atom. The van der Waals surface area contributed by atoms with Gasteiger partial charge in [-0.3, -0.25) is 9.59 Å². The van der Waals surface area contributed by atoms with Gasteiger partial charge in [0.25, 0.3) is 0 Å². The van der Waals surface area contributed by atoms with Gasteiger partial charge in [-0.05, 0) is 79.7 Å². The van der Waals surface area contributed by atoms with Crippen LogP contribution in [0.2, 0.25) is 10.0 Å². The van der Waals surface area contributed by atoms with Crippen molar-refractivity contribution in [1.82, 2.24) is 4.90 Å². The molecule has 234 valence electrons. The van der Waals surface area contributed by atoms with E-state index in [0.717, 1.165) is 11.1 Å². The molecular formula is C34H38Cl2N2O6. The molecule has 0 bridgehead atoms. The van der Waals surface area contributed by atoms with Crippen molar-refractivity contribution in [3.8, 4) is 17.2 Å². The molecular weight excluding hydrogens is 603 g/mol. The number of methoxy groups -OCH3 is 3. The van der Waals surface area contributed by atoms with E-state index in [-0.39, 0.29) is 17.7 Å². The molecule has 1 unspecified atom stereocenters. The zero-order chi connectivity index (χ0) is 32.1. The third-order valence-electron chi connectivity index (χ3n) is 8.81. The summed E-state index contributed by atoms with van der Waals surface area (Å²) in [6.45, 7) is 3.88. The number of nitrogens with zero attached hydrogens (tertiary/aromatic N) is 1. The number of benzene rings is 3. The summed E-state index contributed by atoms with van der Waals surface area (Å²) in [6.07, 6.45) is 1.72. The van der Waals surface area contributed by atoms with Crippen LogP contribution in [0.25, 0.3) is 0 Å². The number of hydrogen-bond acceptors (Lipinski definition) is 7. The number of piperidine rings is 1. The zero-order valence-corrected chi connectivity index (χ0v) is 26.9. The number of halogens is 2. The maximum absolute atomic E-state index is 13.6. The molecule has 1 aliphatic heterocycles. The lowest BCUT2D eigenvalue weighted by molar-refractivity contribution is -0.146. The summed E-state index contributed by atoms with van der Waals surface area (Å²) >= 11 is 12.7. The lowest BCUT2D eigenvalue weighted by atomic mass is 9.72. The van der Waals surface area contributed by atoms with Gasteiger partial charge in [-0.2, -0.15) is 0 Å². The standard InChI is InChI=1S/C34H38Cl2N2O6/c1-33(24-10-11-25(35)26(36)20-24,21-27(37)30(39)22-18-28(42-2)31(44-4)29(19-22)43-3)12-15-38-16-13-34(14-17-38,32(40)41)23-8-6-5-7-9-23/h5-11,18-20,37H,12-17,21H2,1-4H3,(H,40,41). The number of carboxylic acid groups (broad SMARTS) is 1. The second kappa shape index (κ2) is 14.0. The number of ether oxygens (including phenoxy) is 3. The fourth-order valence-electron chi connectivity index (χ4n) is 6.01. The van der Waals surface area contributed by atoms with Gasteiger partial charge in [0.15, 0.2) is 11.5 Å². The monoisotopic (exact) mass is 640 g/mol. The van der Waals surface area contributed by atoms with Crippen molar-refractivity contribution >= 4 is 40.7 Å². The molecule has 8 nitrogen and oxygen atoms in total. The van der Waals surface area contributed by atoms with Crippen molar-refractivity contribution in [2.24, 2.45) is 0 Å². The predicted octanol–water partition coefficient (Wildman–Crippen LogP) is 7.08. The normalized spacial score (nSPS) is 16.0. The van der Waals surface area contributed by atoms with Crippen LogP contribution < -0.4 is 14.2 Å². The summed E-state index contributed by atoms with van der Waals surface area (Å²) < 4.78 is 16.2. The van der Waals surface area contributed by atoms with E-state index in [1.54, 1.807) is 24.3 Å². The molecule has 0 saturated carbocycles. The van der Waals surface area contributed by atoms with Gasteiger partial charge >= 0.3 is 5.97 Å². The van der Waals surface area contributed by atoms with Crippen molar-refractivity contribution in [3.63, 3.8) is 0 Å². The number of carboxylic acids is 1. The van der Waals surface area contributed by atoms with E-state index in [9.17, 15) is 14.7 Å². The Kier molecular flexibility index (Phi) is 10.6. The Hall–Kier alpha value is -3.59. The van der Waals surface area contributed by atoms with Gasteiger partial charge in [0.05, 0.1) is 42.5 Å². The maximum Gasteiger partial charge on any atom is 0.314 e. The molecule has 1 atom stereocenters. The SMILES string of the molecule is COc1cc(C(=O)C(=N)CC(C)(CCN2CCC(C(=O)O)(c3ccccc3)CC2)c2ccc(Cl)c(Cl)c2)cc(OC)c1OC. The first-order chi connectivity index (χ1) is 21.0. The van der Waals surface area contributed by atoms with Gasteiger partial charge in [-0.15, -0.1) is 0 Å². The lowest BCUT2D eigenvalue weighted by Crippen LogP contribution is -2.48. The molecule has 1 aliphatic rings. The molecule has 2 N–H and O–H groups in total. The number of hydrogen-bond donors (Lipinski definition) is 2. The minimum Gasteiger partial charge on any atom is -0.493 e.